The van der Waals surface area contributed by atoms with Crippen LogP contribution >= 0.6 is 11.6 Å². The van der Waals surface area contributed by atoms with E-state index in [2.05, 4.69) is 10.3 Å². The van der Waals surface area contributed by atoms with Crippen molar-refractivity contribution in [3.8, 4) is 16.9 Å². The number of aromatic nitrogens is 1. The predicted octanol–water partition coefficient (Wildman–Crippen LogP) is 3.67. The van der Waals surface area contributed by atoms with E-state index >= 15 is 0 Å². The molecule has 0 atom stereocenters. The smallest absolute Gasteiger partial charge is 0.220 e. The van der Waals surface area contributed by atoms with Gasteiger partial charge >= 0.3 is 0 Å². The molecule has 3 nitrogen and oxygen atoms in total. The molecule has 1 fully saturated rings. The second-order valence-electron chi connectivity index (χ2n) is 5.34. The van der Waals surface area contributed by atoms with Crippen molar-refractivity contribution in [3.63, 3.8) is 0 Å². The van der Waals surface area contributed by atoms with E-state index in [0.29, 0.717) is 22.9 Å². The van der Waals surface area contributed by atoms with Gasteiger partial charge in [-0.3, -0.25) is 0 Å². The fourth-order valence-corrected chi connectivity index (χ4v) is 2.30. The highest BCUT2D eigenvalue weighted by molar-refractivity contribution is 6.30. The standard InChI is InChI=1S/C16H16ClFN2O/c1-19-16(6-7-16)10-21-13-8-14(15(18)20-9-13)11-2-4-12(17)5-3-11/h2-5,8-9,19H,6-7,10H2,1H3. The van der Waals surface area contributed by atoms with E-state index in [0.717, 1.165) is 18.4 Å². The van der Waals surface area contributed by atoms with E-state index < -0.39 is 5.95 Å². The predicted molar refractivity (Wildman–Crippen MR) is 81.2 cm³/mol. The molecule has 0 radical (unpaired) electrons. The second kappa shape index (κ2) is 5.62. The van der Waals surface area contributed by atoms with Gasteiger partial charge in [-0.1, -0.05) is 23.7 Å². The molecule has 1 N–H and O–H groups in total. The fourth-order valence-electron chi connectivity index (χ4n) is 2.18. The molecule has 1 heterocycles. The highest BCUT2D eigenvalue weighted by Crippen LogP contribution is 2.35. The zero-order valence-electron chi connectivity index (χ0n) is 11.7. The van der Waals surface area contributed by atoms with Gasteiger partial charge in [0.1, 0.15) is 12.4 Å². The van der Waals surface area contributed by atoms with E-state index in [9.17, 15) is 4.39 Å². The number of rotatable bonds is 5. The van der Waals surface area contributed by atoms with E-state index in [1.54, 1.807) is 30.3 Å². The summed E-state index contributed by atoms with van der Waals surface area (Å²) in [5.41, 5.74) is 1.22. The van der Waals surface area contributed by atoms with Gasteiger partial charge in [-0.05, 0) is 43.7 Å². The van der Waals surface area contributed by atoms with Crippen molar-refractivity contribution >= 4 is 11.6 Å². The quantitative estimate of drug-likeness (QED) is 0.856. The molecule has 1 aromatic carbocycles. The van der Waals surface area contributed by atoms with Crippen LogP contribution in [0.3, 0.4) is 0 Å². The first kappa shape index (κ1) is 14.3. The lowest BCUT2D eigenvalue weighted by Gasteiger charge is -2.15. The zero-order valence-corrected chi connectivity index (χ0v) is 12.5. The van der Waals surface area contributed by atoms with Crippen LogP contribution in [0.15, 0.2) is 36.5 Å². The summed E-state index contributed by atoms with van der Waals surface area (Å²) in [5, 5.41) is 3.87. The molecule has 1 aliphatic carbocycles. The maximum atomic E-state index is 13.9. The molecule has 3 rings (SSSR count). The highest BCUT2D eigenvalue weighted by Gasteiger charge is 2.41. The van der Waals surface area contributed by atoms with Crippen LogP contribution in [-0.4, -0.2) is 24.2 Å². The number of nitrogens with one attached hydrogen (secondary N) is 1. The fraction of sp³-hybridized carbons (Fsp3) is 0.312. The zero-order chi connectivity index (χ0) is 14.9. The average molecular weight is 307 g/mol. The Hall–Kier alpha value is -1.65. The van der Waals surface area contributed by atoms with Crippen molar-refractivity contribution in [2.24, 2.45) is 0 Å². The minimum Gasteiger partial charge on any atom is -0.490 e. The number of pyridine rings is 1. The molecule has 2 aromatic rings. The summed E-state index contributed by atoms with van der Waals surface area (Å²) >= 11 is 5.85. The first-order valence-corrected chi connectivity index (χ1v) is 7.23. The normalized spacial score (nSPS) is 15.8. The number of halogens is 2. The maximum absolute atomic E-state index is 13.9. The Balaban J connectivity index is 1.81. The van der Waals surface area contributed by atoms with Crippen LogP contribution in [0.4, 0.5) is 4.39 Å². The van der Waals surface area contributed by atoms with Gasteiger partial charge in [0.05, 0.1) is 11.7 Å². The molecular weight excluding hydrogens is 291 g/mol. The molecule has 1 aromatic heterocycles. The molecule has 0 aliphatic heterocycles. The Morgan fingerprint density at radius 2 is 2.05 bits per heavy atom. The van der Waals surface area contributed by atoms with E-state index in [-0.39, 0.29) is 5.54 Å². The molecule has 1 saturated carbocycles. The molecular formula is C16H16ClFN2O. The van der Waals surface area contributed by atoms with Gasteiger partial charge in [0.25, 0.3) is 0 Å². The Morgan fingerprint density at radius 3 is 2.67 bits per heavy atom. The molecule has 0 amide bonds. The summed E-state index contributed by atoms with van der Waals surface area (Å²) < 4.78 is 19.6. The summed E-state index contributed by atoms with van der Waals surface area (Å²) in [6.45, 7) is 0.566. The molecule has 0 unspecified atom stereocenters. The van der Waals surface area contributed by atoms with Crippen LogP contribution in [0, 0.1) is 5.95 Å². The Kier molecular flexibility index (Phi) is 3.83. The maximum Gasteiger partial charge on any atom is 0.220 e. The lowest BCUT2D eigenvalue weighted by Crippen LogP contribution is -2.33. The minimum atomic E-state index is -0.514. The third-order valence-corrected chi connectivity index (χ3v) is 4.12. The Labute approximate surface area is 128 Å². The summed E-state index contributed by atoms with van der Waals surface area (Å²) in [5.74, 6) is 0.0577. The molecule has 0 saturated heterocycles. The van der Waals surface area contributed by atoms with Gasteiger partial charge in [0.2, 0.25) is 5.95 Å². The van der Waals surface area contributed by atoms with Crippen LogP contribution in [0.5, 0.6) is 5.75 Å². The summed E-state index contributed by atoms with van der Waals surface area (Å²) in [6, 6.07) is 8.66. The number of benzene rings is 1. The number of nitrogens with zero attached hydrogens (tertiary/aromatic N) is 1. The monoisotopic (exact) mass is 306 g/mol. The topological polar surface area (TPSA) is 34.1 Å². The molecule has 0 spiro atoms. The summed E-state index contributed by atoms with van der Waals surface area (Å²) in [7, 11) is 1.93. The molecule has 21 heavy (non-hydrogen) atoms. The van der Waals surface area contributed by atoms with Gasteiger partial charge in [-0.15, -0.1) is 0 Å². The molecule has 5 heteroatoms. The second-order valence-corrected chi connectivity index (χ2v) is 5.77. The van der Waals surface area contributed by atoms with Gasteiger partial charge in [0, 0.05) is 10.6 Å². The third-order valence-electron chi connectivity index (χ3n) is 3.87. The van der Waals surface area contributed by atoms with Crippen LogP contribution in [0.1, 0.15) is 12.8 Å². The van der Waals surface area contributed by atoms with Crippen LogP contribution in [0.25, 0.3) is 11.1 Å². The van der Waals surface area contributed by atoms with Gasteiger partial charge in [-0.2, -0.15) is 4.39 Å². The summed E-state index contributed by atoms with van der Waals surface area (Å²) in [6.07, 6.45) is 3.62. The first-order chi connectivity index (χ1) is 10.1. The Morgan fingerprint density at radius 1 is 1.33 bits per heavy atom. The SMILES string of the molecule is CNC1(COc2cnc(F)c(-c3ccc(Cl)cc3)c2)CC1. The van der Waals surface area contributed by atoms with Crippen LogP contribution in [-0.2, 0) is 0 Å². The third kappa shape index (κ3) is 3.17. The van der Waals surface area contributed by atoms with Crippen molar-refractivity contribution in [2.45, 2.75) is 18.4 Å². The van der Waals surface area contributed by atoms with Crippen molar-refractivity contribution in [3.05, 3.63) is 47.5 Å². The average Bonchev–Trinajstić information content (AvgIpc) is 3.28. The van der Waals surface area contributed by atoms with E-state index in [1.807, 2.05) is 7.05 Å². The van der Waals surface area contributed by atoms with Crippen molar-refractivity contribution in [2.75, 3.05) is 13.7 Å². The number of ether oxygens (including phenoxy) is 1. The van der Waals surface area contributed by atoms with E-state index in [1.165, 1.54) is 6.20 Å². The molecule has 1 aliphatic rings. The number of likely N-dealkylation sites (N-methyl/N-ethyl adjacent to an activating group) is 1. The Bertz CT molecular complexity index is 641. The van der Waals surface area contributed by atoms with Crippen LogP contribution in [0.2, 0.25) is 5.02 Å². The van der Waals surface area contributed by atoms with Crippen molar-refractivity contribution < 1.29 is 9.13 Å². The summed E-state index contributed by atoms with van der Waals surface area (Å²) in [4.78, 5) is 3.78. The number of hydrogen-bond acceptors (Lipinski definition) is 3. The first-order valence-electron chi connectivity index (χ1n) is 6.85. The molecule has 110 valence electrons. The van der Waals surface area contributed by atoms with Crippen molar-refractivity contribution in [1.29, 1.82) is 0 Å². The minimum absolute atomic E-state index is 0.0782. The molecule has 0 bridgehead atoms. The largest absolute Gasteiger partial charge is 0.490 e. The lowest BCUT2D eigenvalue weighted by molar-refractivity contribution is 0.258. The van der Waals surface area contributed by atoms with Gasteiger partial charge < -0.3 is 10.1 Å². The van der Waals surface area contributed by atoms with Gasteiger partial charge in [0.15, 0.2) is 0 Å². The lowest BCUT2D eigenvalue weighted by atomic mass is 10.1. The van der Waals surface area contributed by atoms with E-state index in [4.69, 9.17) is 16.3 Å². The van der Waals surface area contributed by atoms with Crippen LogP contribution < -0.4 is 10.1 Å². The van der Waals surface area contributed by atoms with Gasteiger partial charge in [-0.25, -0.2) is 4.98 Å². The highest BCUT2D eigenvalue weighted by atomic mass is 35.5. The van der Waals surface area contributed by atoms with Crippen molar-refractivity contribution in [1.82, 2.24) is 10.3 Å². The number of hydrogen-bond donors (Lipinski definition) is 1.